The van der Waals surface area contributed by atoms with Gasteiger partial charge in [-0.25, -0.2) is 5.09 Å². The first-order valence-corrected chi connectivity index (χ1v) is 8.50. The number of carbonyl (C=O) groups is 1. The van der Waals surface area contributed by atoms with E-state index in [2.05, 4.69) is 5.09 Å². The number of hydrogen-bond acceptors (Lipinski definition) is 4. The molecule has 0 saturated carbocycles. The van der Waals surface area contributed by atoms with Crippen molar-refractivity contribution >= 4 is 13.5 Å². The Balaban J connectivity index is 2.68. The minimum atomic E-state index is -3.08. The Hall–Kier alpha value is -1.16. The number of aryl methyl sites for hydroxylation is 1. The maximum absolute atomic E-state index is 12.6. The second-order valence-corrected chi connectivity index (χ2v) is 6.61. The molecule has 0 aliphatic carbocycles. The summed E-state index contributed by atoms with van der Waals surface area (Å²) in [7, 11) is -3.08. The second kappa shape index (κ2) is 8.20. The predicted molar refractivity (Wildman–Crippen MR) is 78.8 cm³/mol. The van der Waals surface area contributed by atoms with Gasteiger partial charge in [0.1, 0.15) is 6.54 Å². The van der Waals surface area contributed by atoms with Gasteiger partial charge in [0.05, 0.1) is 19.4 Å². The fourth-order valence-corrected chi connectivity index (χ4v) is 3.46. The van der Waals surface area contributed by atoms with E-state index in [1.54, 1.807) is 13.8 Å². The fraction of sp³-hybridized carbons (Fsp3) is 0.500. The summed E-state index contributed by atoms with van der Waals surface area (Å²) in [5.41, 5.74) is 2.04. The molecule has 1 unspecified atom stereocenters. The second-order valence-electron chi connectivity index (χ2n) is 4.37. The average molecular weight is 299 g/mol. The van der Waals surface area contributed by atoms with E-state index in [-0.39, 0.29) is 12.7 Å². The van der Waals surface area contributed by atoms with Gasteiger partial charge >= 0.3 is 5.97 Å². The van der Waals surface area contributed by atoms with Crippen molar-refractivity contribution in [3.8, 4) is 0 Å². The molecule has 0 radical (unpaired) electrons. The molecule has 1 rings (SSSR count). The molecule has 0 bridgehead atoms. The zero-order valence-electron chi connectivity index (χ0n) is 12.2. The third-order valence-electron chi connectivity index (χ3n) is 2.62. The van der Waals surface area contributed by atoms with Crippen molar-refractivity contribution in [2.75, 3.05) is 19.8 Å². The van der Waals surface area contributed by atoms with Gasteiger partial charge in [-0.1, -0.05) is 29.8 Å². The first-order chi connectivity index (χ1) is 9.49. The third kappa shape index (κ3) is 5.87. The van der Waals surface area contributed by atoms with Gasteiger partial charge in [0.15, 0.2) is 0 Å². The van der Waals surface area contributed by atoms with Crippen LogP contribution in [0.4, 0.5) is 0 Å². The Morgan fingerprint density at radius 2 is 1.85 bits per heavy atom. The monoisotopic (exact) mass is 299 g/mol. The molecule has 0 aliphatic rings. The molecular formula is C14H22NO4P. The van der Waals surface area contributed by atoms with Crippen molar-refractivity contribution in [1.29, 1.82) is 0 Å². The van der Waals surface area contributed by atoms with E-state index in [4.69, 9.17) is 9.26 Å². The number of benzene rings is 1. The van der Waals surface area contributed by atoms with Crippen LogP contribution in [0.3, 0.4) is 0 Å². The molecule has 112 valence electrons. The highest BCUT2D eigenvalue weighted by Gasteiger charge is 2.24. The standard InChI is InChI=1S/C14H22NO4P/c1-4-18-14(16)10-15-20(17,19-5-2)11-13-8-6-12(3)7-9-13/h6-9H,4-5,10-11H2,1-3H3,(H,15,17). The van der Waals surface area contributed by atoms with Gasteiger partial charge < -0.3 is 9.26 Å². The van der Waals surface area contributed by atoms with Crippen molar-refractivity contribution in [3.63, 3.8) is 0 Å². The summed E-state index contributed by atoms with van der Waals surface area (Å²) in [4.78, 5) is 11.3. The van der Waals surface area contributed by atoms with Crippen LogP contribution in [0.15, 0.2) is 24.3 Å². The van der Waals surface area contributed by atoms with E-state index in [0.29, 0.717) is 13.2 Å². The number of nitrogens with one attached hydrogen (secondary N) is 1. The van der Waals surface area contributed by atoms with Gasteiger partial charge in [-0.15, -0.1) is 0 Å². The molecule has 1 atom stereocenters. The van der Waals surface area contributed by atoms with Gasteiger partial charge in [-0.2, -0.15) is 0 Å². The first kappa shape index (κ1) is 16.9. The molecule has 20 heavy (non-hydrogen) atoms. The minimum Gasteiger partial charge on any atom is -0.465 e. The van der Waals surface area contributed by atoms with Crippen LogP contribution in [-0.4, -0.2) is 25.7 Å². The SMILES string of the molecule is CCOC(=O)CNP(=O)(Cc1ccc(C)cc1)OCC. The average Bonchev–Trinajstić information content (AvgIpc) is 2.40. The normalized spacial score (nSPS) is 13.8. The molecule has 5 nitrogen and oxygen atoms in total. The zero-order chi connectivity index (χ0) is 15.0. The Morgan fingerprint density at radius 3 is 2.40 bits per heavy atom. The van der Waals surface area contributed by atoms with Crippen LogP contribution in [0.2, 0.25) is 0 Å². The summed E-state index contributed by atoms with van der Waals surface area (Å²) in [5.74, 6) is -0.434. The van der Waals surface area contributed by atoms with Gasteiger partial charge in [0, 0.05) is 0 Å². The number of rotatable bonds is 8. The molecule has 1 aromatic rings. The molecular weight excluding hydrogens is 277 g/mol. The number of esters is 1. The third-order valence-corrected chi connectivity index (χ3v) is 4.72. The summed E-state index contributed by atoms with van der Waals surface area (Å²) in [6.45, 7) is 6.00. The van der Waals surface area contributed by atoms with E-state index in [1.165, 1.54) is 0 Å². The lowest BCUT2D eigenvalue weighted by atomic mass is 10.2. The number of hydrogen-bond donors (Lipinski definition) is 1. The lowest BCUT2D eigenvalue weighted by Gasteiger charge is -2.18. The summed E-state index contributed by atoms with van der Waals surface area (Å²) >= 11 is 0. The highest BCUT2D eigenvalue weighted by atomic mass is 31.2. The van der Waals surface area contributed by atoms with Crippen LogP contribution < -0.4 is 5.09 Å². The van der Waals surface area contributed by atoms with Gasteiger partial charge in [0.2, 0.25) is 0 Å². The fourth-order valence-electron chi connectivity index (χ4n) is 1.69. The summed E-state index contributed by atoms with van der Waals surface area (Å²) in [5, 5.41) is 2.70. The van der Waals surface area contributed by atoms with Crippen LogP contribution in [0.5, 0.6) is 0 Å². The highest BCUT2D eigenvalue weighted by Crippen LogP contribution is 2.45. The predicted octanol–water partition coefficient (Wildman–Crippen LogP) is 2.88. The van der Waals surface area contributed by atoms with Crippen LogP contribution in [-0.2, 0) is 24.8 Å². The van der Waals surface area contributed by atoms with Crippen LogP contribution in [0, 0.1) is 6.92 Å². The first-order valence-electron chi connectivity index (χ1n) is 6.69. The Bertz CT molecular complexity index is 473. The van der Waals surface area contributed by atoms with E-state index in [1.807, 2.05) is 31.2 Å². The van der Waals surface area contributed by atoms with Crippen molar-refractivity contribution < 1.29 is 18.6 Å². The van der Waals surface area contributed by atoms with Crippen molar-refractivity contribution in [2.45, 2.75) is 26.9 Å². The molecule has 0 aromatic heterocycles. The van der Waals surface area contributed by atoms with Crippen LogP contribution in [0.1, 0.15) is 25.0 Å². The molecule has 0 heterocycles. The lowest BCUT2D eigenvalue weighted by molar-refractivity contribution is -0.141. The molecule has 1 aromatic carbocycles. The van der Waals surface area contributed by atoms with Crippen LogP contribution >= 0.6 is 7.52 Å². The Morgan fingerprint density at radius 1 is 1.20 bits per heavy atom. The zero-order valence-corrected chi connectivity index (χ0v) is 13.1. The molecule has 0 spiro atoms. The molecule has 0 saturated heterocycles. The maximum atomic E-state index is 12.6. The quantitative estimate of drug-likeness (QED) is 0.590. The number of carbonyl (C=O) groups excluding carboxylic acids is 1. The molecule has 0 amide bonds. The minimum absolute atomic E-state index is 0.114. The van der Waals surface area contributed by atoms with Crippen molar-refractivity contribution in [2.24, 2.45) is 0 Å². The summed E-state index contributed by atoms with van der Waals surface area (Å²) in [6, 6.07) is 7.73. The summed E-state index contributed by atoms with van der Waals surface area (Å²) in [6.07, 6.45) is 0.251. The lowest BCUT2D eigenvalue weighted by Crippen LogP contribution is -2.24. The van der Waals surface area contributed by atoms with Gasteiger partial charge in [-0.05, 0) is 26.3 Å². The Labute approximate surface area is 120 Å². The highest BCUT2D eigenvalue weighted by molar-refractivity contribution is 7.56. The topological polar surface area (TPSA) is 64.6 Å². The van der Waals surface area contributed by atoms with E-state index < -0.39 is 13.5 Å². The van der Waals surface area contributed by atoms with Gasteiger partial charge in [-0.3, -0.25) is 9.36 Å². The van der Waals surface area contributed by atoms with Crippen molar-refractivity contribution in [1.82, 2.24) is 5.09 Å². The van der Waals surface area contributed by atoms with E-state index >= 15 is 0 Å². The smallest absolute Gasteiger partial charge is 0.320 e. The largest absolute Gasteiger partial charge is 0.465 e. The number of ether oxygens (including phenoxy) is 1. The Kier molecular flexibility index (Phi) is 6.93. The van der Waals surface area contributed by atoms with Gasteiger partial charge in [0.25, 0.3) is 7.52 Å². The van der Waals surface area contributed by atoms with Crippen molar-refractivity contribution in [3.05, 3.63) is 35.4 Å². The molecule has 6 heteroatoms. The maximum Gasteiger partial charge on any atom is 0.320 e. The molecule has 0 aliphatic heterocycles. The van der Waals surface area contributed by atoms with E-state index in [0.717, 1.165) is 11.1 Å². The summed E-state index contributed by atoms with van der Waals surface area (Å²) < 4.78 is 22.8. The molecule has 0 fully saturated rings. The van der Waals surface area contributed by atoms with Crippen LogP contribution in [0.25, 0.3) is 0 Å². The molecule has 1 N–H and O–H groups in total. The van der Waals surface area contributed by atoms with E-state index in [9.17, 15) is 9.36 Å².